The zero-order chi connectivity index (χ0) is 13.3. The summed E-state index contributed by atoms with van der Waals surface area (Å²) < 4.78 is 1.32. The molecule has 1 aromatic heterocycles. The van der Waals surface area contributed by atoms with Crippen LogP contribution < -0.4 is 10.9 Å². The molecule has 2 aromatic rings. The lowest BCUT2D eigenvalue weighted by molar-refractivity contribution is 1.10. The topological polar surface area (TPSA) is 57.8 Å². The molecule has 0 atom stereocenters. The normalized spacial score (nSPS) is 10.4. The first-order valence-electron chi connectivity index (χ1n) is 5.26. The van der Waals surface area contributed by atoms with Crippen molar-refractivity contribution in [2.75, 3.05) is 5.32 Å². The van der Waals surface area contributed by atoms with Crippen molar-refractivity contribution in [3.05, 3.63) is 48.9 Å². The second-order valence-corrected chi connectivity index (χ2v) is 5.61. The number of nitrogens with one attached hydrogen (secondary N) is 2. The highest BCUT2D eigenvalue weighted by Gasteiger charge is 2.10. The fraction of sp³-hybridized carbons (Fsp3) is 0.167. The van der Waals surface area contributed by atoms with Crippen molar-refractivity contribution < 1.29 is 0 Å². The van der Waals surface area contributed by atoms with Crippen LogP contribution in [-0.2, 0) is 0 Å². The van der Waals surface area contributed by atoms with Crippen molar-refractivity contribution in [2.45, 2.75) is 13.8 Å². The molecule has 0 spiro atoms. The molecular weight excluding hydrogens is 362 g/mol. The number of halogens is 2. The molecule has 94 valence electrons. The van der Waals surface area contributed by atoms with Crippen LogP contribution in [0.25, 0.3) is 0 Å². The summed E-state index contributed by atoms with van der Waals surface area (Å²) in [5, 5.41) is 3.15. The average Bonchev–Trinajstić information content (AvgIpc) is 2.28. The Balaban J connectivity index is 2.47. The lowest BCUT2D eigenvalue weighted by Gasteiger charge is -2.12. The summed E-state index contributed by atoms with van der Waals surface area (Å²) in [6, 6.07) is 4.07. The van der Waals surface area contributed by atoms with Crippen molar-refractivity contribution in [2.24, 2.45) is 0 Å². The van der Waals surface area contributed by atoms with E-state index in [0.717, 1.165) is 15.7 Å². The SMILES string of the molecule is Cc1cc(C)c(Nc2nc[nH]c(=O)c2Br)c(Br)c1. The third kappa shape index (κ3) is 2.64. The van der Waals surface area contributed by atoms with Gasteiger partial charge in [-0.2, -0.15) is 0 Å². The smallest absolute Gasteiger partial charge is 0.267 e. The van der Waals surface area contributed by atoms with Crippen molar-refractivity contribution in [3.8, 4) is 0 Å². The molecule has 0 amide bonds. The van der Waals surface area contributed by atoms with E-state index >= 15 is 0 Å². The first kappa shape index (κ1) is 13.3. The average molecular weight is 373 g/mol. The molecule has 0 bridgehead atoms. The van der Waals surface area contributed by atoms with Gasteiger partial charge in [-0.3, -0.25) is 4.79 Å². The molecule has 0 aliphatic rings. The highest BCUT2D eigenvalue weighted by Crippen LogP contribution is 2.31. The van der Waals surface area contributed by atoms with E-state index in [9.17, 15) is 4.79 Å². The molecule has 6 heteroatoms. The fourth-order valence-corrected chi connectivity index (χ4v) is 2.75. The van der Waals surface area contributed by atoms with E-state index in [1.807, 2.05) is 19.9 Å². The Hall–Kier alpha value is -1.14. The Bertz CT molecular complexity index is 629. The first-order valence-corrected chi connectivity index (χ1v) is 6.84. The van der Waals surface area contributed by atoms with Crippen molar-refractivity contribution >= 4 is 43.4 Å². The van der Waals surface area contributed by atoms with Crippen molar-refractivity contribution in [1.82, 2.24) is 9.97 Å². The number of nitrogens with zero attached hydrogens (tertiary/aromatic N) is 1. The van der Waals surface area contributed by atoms with Crippen LogP contribution in [0.2, 0.25) is 0 Å². The molecule has 0 unspecified atom stereocenters. The second-order valence-electron chi connectivity index (χ2n) is 3.96. The lowest BCUT2D eigenvalue weighted by atomic mass is 10.1. The van der Waals surface area contributed by atoms with Crippen LogP contribution in [0.3, 0.4) is 0 Å². The molecular formula is C12H11Br2N3O. The van der Waals surface area contributed by atoms with Gasteiger partial charge in [0.15, 0.2) is 5.82 Å². The Kier molecular flexibility index (Phi) is 3.87. The summed E-state index contributed by atoms with van der Waals surface area (Å²) in [4.78, 5) is 18.1. The van der Waals surface area contributed by atoms with Gasteiger partial charge in [0, 0.05) is 4.47 Å². The van der Waals surface area contributed by atoms with Gasteiger partial charge in [0.25, 0.3) is 5.56 Å². The largest absolute Gasteiger partial charge is 0.338 e. The van der Waals surface area contributed by atoms with Gasteiger partial charge < -0.3 is 10.3 Å². The van der Waals surface area contributed by atoms with Crippen LogP contribution in [0.15, 0.2) is 32.2 Å². The van der Waals surface area contributed by atoms with Crippen LogP contribution in [0, 0.1) is 13.8 Å². The van der Waals surface area contributed by atoms with E-state index in [1.165, 1.54) is 11.9 Å². The van der Waals surface area contributed by atoms with Crippen LogP contribution in [0.5, 0.6) is 0 Å². The number of benzene rings is 1. The van der Waals surface area contributed by atoms with Crippen LogP contribution in [0.1, 0.15) is 11.1 Å². The zero-order valence-corrected chi connectivity index (χ0v) is 13.0. The zero-order valence-electron chi connectivity index (χ0n) is 9.84. The molecule has 18 heavy (non-hydrogen) atoms. The minimum atomic E-state index is -0.214. The minimum absolute atomic E-state index is 0.214. The summed E-state index contributed by atoms with van der Waals surface area (Å²) in [6.45, 7) is 4.03. The minimum Gasteiger partial charge on any atom is -0.338 e. The number of aromatic nitrogens is 2. The Morgan fingerprint density at radius 3 is 2.67 bits per heavy atom. The van der Waals surface area contributed by atoms with E-state index < -0.39 is 0 Å². The quantitative estimate of drug-likeness (QED) is 0.845. The molecule has 0 saturated heterocycles. The van der Waals surface area contributed by atoms with Gasteiger partial charge in [-0.25, -0.2) is 4.98 Å². The molecule has 0 saturated carbocycles. The monoisotopic (exact) mass is 371 g/mol. The predicted molar refractivity (Wildman–Crippen MR) is 79.5 cm³/mol. The van der Waals surface area contributed by atoms with Crippen LogP contribution in [0.4, 0.5) is 11.5 Å². The third-order valence-electron chi connectivity index (χ3n) is 2.47. The number of H-pyrrole nitrogens is 1. The lowest BCUT2D eigenvalue weighted by Crippen LogP contribution is -2.10. The van der Waals surface area contributed by atoms with E-state index in [-0.39, 0.29) is 5.56 Å². The molecule has 2 N–H and O–H groups in total. The van der Waals surface area contributed by atoms with E-state index in [2.05, 4.69) is 53.2 Å². The number of rotatable bonds is 2. The molecule has 0 fully saturated rings. The first-order chi connectivity index (χ1) is 8.49. The fourth-order valence-electron chi connectivity index (χ4n) is 1.66. The molecule has 0 aliphatic heterocycles. The molecule has 4 nitrogen and oxygen atoms in total. The Labute approximate surface area is 121 Å². The number of aryl methyl sites for hydroxylation is 2. The second kappa shape index (κ2) is 5.24. The summed E-state index contributed by atoms with van der Waals surface area (Å²) in [6.07, 6.45) is 1.37. The van der Waals surface area contributed by atoms with Gasteiger partial charge in [0.2, 0.25) is 0 Å². The molecule has 2 rings (SSSR count). The summed E-state index contributed by atoms with van der Waals surface area (Å²) in [5.74, 6) is 0.492. The highest BCUT2D eigenvalue weighted by atomic mass is 79.9. The van der Waals surface area contributed by atoms with E-state index in [4.69, 9.17) is 0 Å². The number of anilines is 2. The number of hydrogen-bond acceptors (Lipinski definition) is 3. The van der Waals surface area contributed by atoms with Crippen LogP contribution >= 0.6 is 31.9 Å². The molecule has 0 radical (unpaired) electrons. The van der Waals surface area contributed by atoms with Crippen molar-refractivity contribution in [3.63, 3.8) is 0 Å². The van der Waals surface area contributed by atoms with Gasteiger partial charge >= 0.3 is 0 Å². The summed E-state index contributed by atoms with van der Waals surface area (Å²) >= 11 is 6.72. The Morgan fingerprint density at radius 2 is 2.00 bits per heavy atom. The maximum atomic E-state index is 11.5. The van der Waals surface area contributed by atoms with Gasteiger partial charge in [0.05, 0.1) is 12.0 Å². The van der Waals surface area contributed by atoms with Gasteiger partial charge in [-0.15, -0.1) is 0 Å². The molecule has 1 aromatic carbocycles. The predicted octanol–water partition coefficient (Wildman–Crippen LogP) is 3.66. The van der Waals surface area contributed by atoms with Gasteiger partial charge in [-0.1, -0.05) is 6.07 Å². The summed E-state index contributed by atoms with van der Waals surface area (Å²) in [7, 11) is 0. The highest BCUT2D eigenvalue weighted by molar-refractivity contribution is 9.11. The number of aromatic amines is 1. The van der Waals surface area contributed by atoms with Crippen molar-refractivity contribution in [1.29, 1.82) is 0 Å². The molecule has 1 heterocycles. The van der Waals surface area contributed by atoms with E-state index in [0.29, 0.717) is 10.3 Å². The maximum Gasteiger partial charge on any atom is 0.267 e. The van der Waals surface area contributed by atoms with Crippen LogP contribution in [-0.4, -0.2) is 9.97 Å². The van der Waals surface area contributed by atoms with E-state index in [1.54, 1.807) is 0 Å². The maximum absolute atomic E-state index is 11.5. The standard InChI is InChI=1S/C12H11Br2N3O/c1-6-3-7(2)10(8(13)4-6)17-11-9(14)12(18)16-5-15-11/h3-5H,1-2H3,(H2,15,16,17,18). The molecule has 0 aliphatic carbocycles. The number of hydrogen-bond donors (Lipinski definition) is 2. The third-order valence-corrected chi connectivity index (χ3v) is 3.83. The summed E-state index contributed by atoms with van der Waals surface area (Å²) in [5.41, 5.74) is 2.94. The van der Waals surface area contributed by atoms with Gasteiger partial charge in [-0.05, 0) is 62.9 Å². The van der Waals surface area contributed by atoms with Gasteiger partial charge in [0.1, 0.15) is 4.47 Å². The Morgan fingerprint density at radius 1 is 1.28 bits per heavy atom.